The first-order valence-electron chi connectivity index (χ1n) is 9.22. The molecule has 0 aliphatic carbocycles. The van der Waals surface area contributed by atoms with Gasteiger partial charge in [-0.1, -0.05) is 35.5 Å². The van der Waals surface area contributed by atoms with Gasteiger partial charge in [0.05, 0.1) is 12.6 Å². The maximum atomic E-state index is 13.1. The van der Waals surface area contributed by atoms with Gasteiger partial charge in [-0.3, -0.25) is 4.90 Å². The van der Waals surface area contributed by atoms with Crippen LogP contribution in [0.25, 0.3) is 11.4 Å². The third-order valence-electron chi connectivity index (χ3n) is 5.09. The molecule has 28 heavy (non-hydrogen) atoms. The molecule has 2 aromatic carbocycles. The summed E-state index contributed by atoms with van der Waals surface area (Å²) < 4.78 is 18.7. The SMILES string of the molecule is Fc1ccc(-c2noc(CN3CCc4sccc4C3c3ccccc3)n2)cc1. The quantitative estimate of drug-likeness (QED) is 0.486. The van der Waals surface area contributed by atoms with Crippen molar-refractivity contribution in [3.8, 4) is 11.4 Å². The van der Waals surface area contributed by atoms with Crippen molar-refractivity contribution in [1.82, 2.24) is 15.0 Å². The monoisotopic (exact) mass is 391 g/mol. The van der Waals surface area contributed by atoms with Gasteiger partial charge in [-0.2, -0.15) is 4.98 Å². The average Bonchev–Trinajstić information content (AvgIpc) is 3.39. The molecule has 1 aliphatic rings. The van der Waals surface area contributed by atoms with Crippen molar-refractivity contribution < 1.29 is 8.91 Å². The Kier molecular flexibility index (Phi) is 4.50. The summed E-state index contributed by atoms with van der Waals surface area (Å²) in [7, 11) is 0. The van der Waals surface area contributed by atoms with Crippen LogP contribution in [0.1, 0.15) is 27.9 Å². The number of benzene rings is 2. The smallest absolute Gasteiger partial charge is 0.241 e. The van der Waals surface area contributed by atoms with Crippen LogP contribution in [0.4, 0.5) is 4.39 Å². The molecule has 5 rings (SSSR count). The van der Waals surface area contributed by atoms with Crippen molar-refractivity contribution in [2.75, 3.05) is 6.54 Å². The van der Waals surface area contributed by atoms with Crippen LogP contribution in [0.3, 0.4) is 0 Å². The topological polar surface area (TPSA) is 42.2 Å². The number of halogens is 1. The van der Waals surface area contributed by atoms with Gasteiger partial charge >= 0.3 is 0 Å². The first-order chi connectivity index (χ1) is 13.8. The molecule has 0 N–H and O–H groups in total. The Morgan fingerprint density at radius 3 is 2.71 bits per heavy atom. The minimum atomic E-state index is -0.280. The molecule has 0 saturated heterocycles. The molecule has 4 aromatic rings. The zero-order valence-corrected chi connectivity index (χ0v) is 15.9. The third kappa shape index (κ3) is 3.25. The van der Waals surface area contributed by atoms with E-state index in [1.165, 1.54) is 28.1 Å². The lowest BCUT2D eigenvalue weighted by atomic mass is 9.93. The van der Waals surface area contributed by atoms with E-state index < -0.39 is 0 Å². The van der Waals surface area contributed by atoms with E-state index in [2.05, 4.69) is 50.8 Å². The van der Waals surface area contributed by atoms with Crippen LogP contribution in [0, 0.1) is 5.82 Å². The average molecular weight is 391 g/mol. The van der Waals surface area contributed by atoms with Gasteiger partial charge in [-0.15, -0.1) is 11.3 Å². The van der Waals surface area contributed by atoms with Crippen molar-refractivity contribution >= 4 is 11.3 Å². The van der Waals surface area contributed by atoms with Crippen molar-refractivity contribution in [2.45, 2.75) is 19.0 Å². The molecule has 0 fully saturated rings. The summed E-state index contributed by atoms with van der Waals surface area (Å²) in [4.78, 5) is 8.36. The summed E-state index contributed by atoms with van der Waals surface area (Å²) in [5.41, 5.74) is 3.37. The number of nitrogens with zero attached hydrogens (tertiary/aromatic N) is 3. The van der Waals surface area contributed by atoms with E-state index in [0.29, 0.717) is 18.3 Å². The van der Waals surface area contributed by atoms with E-state index >= 15 is 0 Å². The highest BCUT2D eigenvalue weighted by atomic mass is 32.1. The lowest BCUT2D eigenvalue weighted by molar-refractivity contribution is 0.179. The molecule has 0 radical (unpaired) electrons. The van der Waals surface area contributed by atoms with Gasteiger partial charge in [0, 0.05) is 17.0 Å². The number of fused-ring (bicyclic) bond motifs is 1. The number of aromatic nitrogens is 2. The highest BCUT2D eigenvalue weighted by molar-refractivity contribution is 7.10. The minimum Gasteiger partial charge on any atom is -0.338 e. The van der Waals surface area contributed by atoms with Gasteiger partial charge in [-0.05, 0) is 53.3 Å². The van der Waals surface area contributed by atoms with Crippen LogP contribution in [0.5, 0.6) is 0 Å². The van der Waals surface area contributed by atoms with Crippen LogP contribution in [0.2, 0.25) is 0 Å². The predicted molar refractivity (Wildman–Crippen MR) is 106 cm³/mol. The highest BCUT2D eigenvalue weighted by Gasteiger charge is 2.30. The largest absolute Gasteiger partial charge is 0.338 e. The van der Waals surface area contributed by atoms with Crippen molar-refractivity contribution in [1.29, 1.82) is 0 Å². The molecular weight excluding hydrogens is 373 g/mol. The van der Waals surface area contributed by atoms with Gasteiger partial charge < -0.3 is 4.52 Å². The molecule has 0 saturated carbocycles. The van der Waals surface area contributed by atoms with E-state index in [9.17, 15) is 4.39 Å². The van der Waals surface area contributed by atoms with Crippen molar-refractivity contribution in [3.63, 3.8) is 0 Å². The summed E-state index contributed by atoms with van der Waals surface area (Å²) >= 11 is 1.83. The number of hydrogen-bond acceptors (Lipinski definition) is 5. The molecule has 0 spiro atoms. The van der Waals surface area contributed by atoms with Gasteiger partial charge in [0.2, 0.25) is 11.7 Å². The summed E-state index contributed by atoms with van der Waals surface area (Å²) in [5.74, 6) is 0.775. The summed E-state index contributed by atoms with van der Waals surface area (Å²) in [6, 6.07) is 19.1. The summed E-state index contributed by atoms with van der Waals surface area (Å²) in [6.07, 6.45) is 1.02. The predicted octanol–water partition coefficient (Wildman–Crippen LogP) is 5.08. The van der Waals surface area contributed by atoms with Crippen LogP contribution < -0.4 is 0 Å². The molecule has 0 amide bonds. The van der Waals surface area contributed by atoms with Crippen molar-refractivity contribution in [3.05, 3.63) is 93.8 Å². The molecule has 140 valence electrons. The van der Waals surface area contributed by atoms with E-state index in [-0.39, 0.29) is 11.9 Å². The van der Waals surface area contributed by atoms with Crippen LogP contribution in [-0.4, -0.2) is 21.6 Å². The number of thiophene rings is 1. The first kappa shape index (κ1) is 17.3. The Morgan fingerprint density at radius 1 is 1.07 bits per heavy atom. The number of hydrogen-bond donors (Lipinski definition) is 0. The molecule has 1 unspecified atom stereocenters. The van der Waals surface area contributed by atoms with E-state index in [0.717, 1.165) is 18.5 Å². The standard InChI is InChI=1S/C22H18FN3OS/c23-17-8-6-16(7-9-17)22-24-20(27-25-22)14-26-12-10-19-18(11-13-28-19)21(26)15-4-2-1-3-5-15/h1-9,11,13,21H,10,12,14H2. The van der Waals surface area contributed by atoms with E-state index in [4.69, 9.17) is 4.52 Å². The maximum absolute atomic E-state index is 13.1. The Bertz CT molecular complexity index is 1070. The number of rotatable bonds is 4. The molecule has 2 aromatic heterocycles. The minimum absolute atomic E-state index is 0.178. The van der Waals surface area contributed by atoms with Gasteiger partial charge in [0.25, 0.3) is 0 Å². The fourth-order valence-electron chi connectivity index (χ4n) is 3.77. The summed E-state index contributed by atoms with van der Waals surface area (Å²) in [5, 5.41) is 6.25. The second kappa shape index (κ2) is 7.30. The molecular formula is C22H18FN3OS. The molecule has 3 heterocycles. The molecule has 1 atom stereocenters. The van der Waals surface area contributed by atoms with E-state index in [1.807, 2.05) is 17.4 Å². The molecule has 4 nitrogen and oxygen atoms in total. The normalized spacial score (nSPS) is 16.8. The Morgan fingerprint density at radius 2 is 1.89 bits per heavy atom. The molecule has 0 bridgehead atoms. The van der Waals surface area contributed by atoms with E-state index in [1.54, 1.807) is 12.1 Å². The fourth-order valence-corrected chi connectivity index (χ4v) is 4.68. The molecule has 1 aliphatic heterocycles. The summed E-state index contributed by atoms with van der Waals surface area (Å²) in [6.45, 7) is 1.50. The fraction of sp³-hybridized carbons (Fsp3) is 0.182. The second-order valence-corrected chi connectivity index (χ2v) is 7.85. The zero-order chi connectivity index (χ0) is 18.9. The van der Waals surface area contributed by atoms with Gasteiger partial charge in [-0.25, -0.2) is 4.39 Å². The Hall–Kier alpha value is -2.83. The highest BCUT2D eigenvalue weighted by Crippen LogP contribution is 2.38. The lowest BCUT2D eigenvalue weighted by Crippen LogP contribution is -2.35. The van der Waals surface area contributed by atoms with Crippen LogP contribution >= 0.6 is 11.3 Å². The van der Waals surface area contributed by atoms with Crippen LogP contribution in [0.15, 0.2) is 70.6 Å². The lowest BCUT2D eigenvalue weighted by Gasteiger charge is -2.35. The first-order valence-corrected chi connectivity index (χ1v) is 10.1. The van der Waals surface area contributed by atoms with Crippen LogP contribution in [-0.2, 0) is 13.0 Å². The Balaban J connectivity index is 1.43. The van der Waals surface area contributed by atoms with Crippen molar-refractivity contribution in [2.24, 2.45) is 0 Å². The van der Waals surface area contributed by atoms with Gasteiger partial charge in [0.15, 0.2) is 0 Å². The maximum Gasteiger partial charge on any atom is 0.241 e. The second-order valence-electron chi connectivity index (χ2n) is 6.85. The Labute approximate surface area is 166 Å². The zero-order valence-electron chi connectivity index (χ0n) is 15.1. The van der Waals surface area contributed by atoms with Gasteiger partial charge in [0.1, 0.15) is 5.82 Å². The molecule has 6 heteroatoms. The third-order valence-corrected chi connectivity index (χ3v) is 6.09.